The Kier molecular flexibility index (Phi) is 6.19. The fraction of sp³-hybridized carbons (Fsp3) is 0.190. The summed E-state index contributed by atoms with van der Waals surface area (Å²) < 4.78 is 10.3. The summed E-state index contributed by atoms with van der Waals surface area (Å²) in [5.41, 5.74) is -2.88. The Morgan fingerprint density at radius 3 is 2.18 bits per heavy atom. The Morgan fingerprint density at radius 1 is 1.03 bits per heavy atom. The van der Waals surface area contributed by atoms with Crippen molar-refractivity contribution >= 4 is 34.2 Å². The lowest BCUT2D eigenvalue weighted by Gasteiger charge is -2.09. The number of nitro groups is 2. The maximum atomic E-state index is 12.5. The van der Waals surface area contributed by atoms with Crippen LogP contribution < -0.4 is 15.7 Å². The molecule has 0 saturated carbocycles. The number of amides is 1. The number of hydrogen-bond donors (Lipinski definition) is 1. The molecule has 0 radical (unpaired) electrons. The lowest BCUT2D eigenvalue weighted by molar-refractivity contribution is -0.395. The van der Waals surface area contributed by atoms with Crippen LogP contribution in [-0.2, 0) is 0 Å². The molecule has 0 aliphatic rings. The number of carbonyl (C=O) groups excluding carboxylic acids is 2. The van der Waals surface area contributed by atoms with Gasteiger partial charge in [0.25, 0.3) is 17.3 Å². The van der Waals surface area contributed by atoms with Gasteiger partial charge in [0, 0.05) is 29.6 Å². The van der Waals surface area contributed by atoms with Crippen molar-refractivity contribution in [2.75, 3.05) is 0 Å². The molecule has 2 aromatic carbocycles. The summed E-state index contributed by atoms with van der Waals surface area (Å²) >= 11 is 0. The number of benzene rings is 2. The monoisotopic (exact) mass is 455 g/mol. The third-order valence-corrected chi connectivity index (χ3v) is 4.56. The zero-order valence-corrected chi connectivity index (χ0v) is 17.6. The topological polar surface area (TPSA) is 172 Å². The largest absolute Gasteiger partial charge is 0.423 e. The Bertz CT molecular complexity index is 1340. The van der Waals surface area contributed by atoms with E-state index in [9.17, 15) is 34.6 Å². The molecule has 1 heterocycles. The van der Waals surface area contributed by atoms with Gasteiger partial charge < -0.3 is 14.5 Å². The fourth-order valence-corrected chi connectivity index (χ4v) is 3.00. The molecule has 0 unspecified atom stereocenters. The molecule has 0 spiro atoms. The highest BCUT2D eigenvalue weighted by molar-refractivity contribution is 5.97. The van der Waals surface area contributed by atoms with Gasteiger partial charge in [0.05, 0.1) is 15.4 Å². The molecule has 0 fully saturated rings. The number of carbonyl (C=O) groups is 2. The zero-order valence-electron chi connectivity index (χ0n) is 17.6. The summed E-state index contributed by atoms with van der Waals surface area (Å²) in [5, 5.41) is 25.4. The van der Waals surface area contributed by atoms with Gasteiger partial charge in [-0.3, -0.25) is 25.0 Å². The molecular formula is C21H17N3O9. The van der Waals surface area contributed by atoms with Crippen LogP contribution in [0.5, 0.6) is 5.75 Å². The van der Waals surface area contributed by atoms with E-state index >= 15 is 0 Å². The lowest BCUT2D eigenvalue weighted by atomic mass is 10.1. The van der Waals surface area contributed by atoms with E-state index < -0.39 is 44.3 Å². The molecule has 33 heavy (non-hydrogen) atoms. The minimum absolute atomic E-state index is 0.0206. The molecule has 0 aliphatic heterocycles. The van der Waals surface area contributed by atoms with Crippen molar-refractivity contribution < 1.29 is 28.6 Å². The van der Waals surface area contributed by atoms with Gasteiger partial charge in [-0.2, -0.15) is 0 Å². The maximum Gasteiger partial charge on any atom is 0.349 e. The van der Waals surface area contributed by atoms with Gasteiger partial charge >= 0.3 is 11.6 Å². The second-order valence-electron chi connectivity index (χ2n) is 7.32. The molecule has 170 valence electrons. The average molecular weight is 455 g/mol. The van der Waals surface area contributed by atoms with Gasteiger partial charge in [0.15, 0.2) is 0 Å². The van der Waals surface area contributed by atoms with Crippen molar-refractivity contribution in [3.05, 3.63) is 83.7 Å². The molecule has 12 heteroatoms. The summed E-state index contributed by atoms with van der Waals surface area (Å²) in [5.74, 6) is -1.77. The van der Waals surface area contributed by atoms with Crippen molar-refractivity contribution in [3.8, 4) is 5.75 Å². The molecular weight excluding hydrogens is 438 g/mol. The van der Waals surface area contributed by atoms with E-state index in [-0.39, 0.29) is 28.5 Å². The third kappa shape index (κ3) is 4.84. The van der Waals surface area contributed by atoms with Crippen molar-refractivity contribution in [2.45, 2.75) is 26.8 Å². The van der Waals surface area contributed by atoms with E-state index in [2.05, 4.69) is 5.32 Å². The summed E-state index contributed by atoms with van der Waals surface area (Å²) in [7, 11) is 0. The first-order valence-electron chi connectivity index (χ1n) is 9.52. The molecule has 1 aromatic heterocycles. The van der Waals surface area contributed by atoms with Crippen molar-refractivity contribution in [2.24, 2.45) is 0 Å². The number of esters is 1. The van der Waals surface area contributed by atoms with Crippen LogP contribution in [0.4, 0.5) is 11.4 Å². The van der Waals surface area contributed by atoms with E-state index in [4.69, 9.17) is 9.15 Å². The van der Waals surface area contributed by atoms with Crippen LogP contribution in [0.2, 0.25) is 0 Å². The molecule has 0 aliphatic carbocycles. The highest BCUT2D eigenvalue weighted by Gasteiger charge is 2.26. The average Bonchev–Trinajstić information content (AvgIpc) is 2.72. The minimum atomic E-state index is -1.09. The smallest absolute Gasteiger partial charge is 0.349 e. The third-order valence-electron chi connectivity index (χ3n) is 4.56. The summed E-state index contributed by atoms with van der Waals surface area (Å²) in [4.78, 5) is 57.6. The Hall–Kier alpha value is -4.61. The molecule has 0 bridgehead atoms. The number of rotatable bonds is 6. The van der Waals surface area contributed by atoms with Crippen LogP contribution in [0.1, 0.15) is 40.1 Å². The number of fused-ring (bicyclic) bond motifs is 1. The number of hydrogen-bond acceptors (Lipinski definition) is 9. The van der Waals surface area contributed by atoms with Gasteiger partial charge in [-0.05, 0) is 39.0 Å². The summed E-state index contributed by atoms with van der Waals surface area (Å²) in [6, 6.07) is 6.90. The van der Waals surface area contributed by atoms with Crippen LogP contribution >= 0.6 is 0 Å². The first-order chi connectivity index (χ1) is 15.5. The summed E-state index contributed by atoms with van der Waals surface area (Å²) in [6.45, 7) is 4.67. The second-order valence-corrected chi connectivity index (χ2v) is 7.32. The number of nitro benzene ring substituents is 2. The standard InChI is InChI=1S/C21H17N3O9/c1-10(2)22-19(25)15-6-12-4-5-14(9-18(12)33-21(15)27)32-20(26)13-7-16(23(28)29)11(3)17(8-13)24(30)31/h4-10H,1-3H3,(H,22,25). The SMILES string of the molecule is Cc1c([N+](=O)[O-])cc(C(=O)Oc2ccc3cc(C(=O)NC(C)C)c(=O)oc3c2)cc1[N+](=O)[O-]. The normalized spacial score (nSPS) is 10.8. The number of nitrogens with zero attached hydrogens (tertiary/aromatic N) is 2. The van der Waals surface area contributed by atoms with Crippen LogP contribution in [0, 0.1) is 27.2 Å². The first kappa shape index (κ1) is 23.1. The van der Waals surface area contributed by atoms with E-state index in [1.165, 1.54) is 31.2 Å². The van der Waals surface area contributed by atoms with E-state index in [0.717, 1.165) is 12.1 Å². The predicted octanol–water partition coefficient (Wildman–Crippen LogP) is 3.28. The fourth-order valence-electron chi connectivity index (χ4n) is 3.00. The molecule has 3 aromatic rings. The van der Waals surface area contributed by atoms with E-state index in [1.54, 1.807) is 13.8 Å². The highest BCUT2D eigenvalue weighted by atomic mass is 16.6. The van der Waals surface area contributed by atoms with Crippen LogP contribution in [0.15, 0.2) is 45.6 Å². The predicted molar refractivity (Wildman–Crippen MR) is 115 cm³/mol. The minimum Gasteiger partial charge on any atom is -0.423 e. The molecule has 0 saturated heterocycles. The van der Waals surface area contributed by atoms with E-state index in [0.29, 0.717) is 5.39 Å². The van der Waals surface area contributed by atoms with E-state index in [1.807, 2.05) is 0 Å². The van der Waals surface area contributed by atoms with Gasteiger partial charge in [0.1, 0.15) is 22.5 Å². The van der Waals surface area contributed by atoms with Crippen molar-refractivity contribution in [1.29, 1.82) is 0 Å². The lowest BCUT2D eigenvalue weighted by Crippen LogP contribution is -2.33. The van der Waals surface area contributed by atoms with Gasteiger partial charge in [0.2, 0.25) is 0 Å². The Morgan fingerprint density at radius 2 is 1.64 bits per heavy atom. The molecule has 12 nitrogen and oxygen atoms in total. The molecule has 0 atom stereocenters. The molecule has 1 amide bonds. The van der Waals surface area contributed by atoms with Crippen LogP contribution in [0.25, 0.3) is 11.0 Å². The number of nitrogens with one attached hydrogen (secondary N) is 1. The first-order valence-corrected chi connectivity index (χ1v) is 9.52. The van der Waals surface area contributed by atoms with Gasteiger partial charge in [-0.15, -0.1) is 0 Å². The van der Waals surface area contributed by atoms with Crippen molar-refractivity contribution in [3.63, 3.8) is 0 Å². The van der Waals surface area contributed by atoms with Crippen molar-refractivity contribution in [1.82, 2.24) is 5.32 Å². The van der Waals surface area contributed by atoms with Gasteiger partial charge in [-0.1, -0.05) is 0 Å². The maximum absolute atomic E-state index is 12.5. The Labute approximate surface area is 185 Å². The quantitative estimate of drug-likeness (QED) is 0.192. The van der Waals surface area contributed by atoms with Crippen LogP contribution in [0.3, 0.4) is 0 Å². The van der Waals surface area contributed by atoms with Crippen LogP contribution in [-0.4, -0.2) is 27.8 Å². The zero-order chi connectivity index (χ0) is 24.4. The number of ether oxygens (including phenoxy) is 1. The Balaban J connectivity index is 1.94. The molecule has 3 rings (SSSR count). The second kappa shape index (κ2) is 8.86. The summed E-state index contributed by atoms with van der Waals surface area (Å²) in [6.07, 6.45) is 0. The highest BCUT2D eigenvalue weighted by Crippen LogP contribution is 2.30. The van der Waals surface area contributed by atoms with Gasteiger partial charge in [-0.25, -0.2) is 9.59 Å². The molecule has 1 N–H and O–H groups in total.